The number of ether oxygens (including phenoxy) is 1. The molecule has 3 aromatic rings. The summed E-state index contributed by atoms with van der Waals surface area (Å²) in [6, 6.07) is 26.7. The van der Waals surface area contributed by atoms with E-state index in [1.165, 1.54) is 0 Å². The van der Waals surface area contributed by atoms with Crippen LogP contribution in [0.1, 0.15) is 22.7 Å². The monoisotopic (exact) mass is 401 g/mol. The first-order chi connectivity index (χ1) is 14.6. The van der Waals surface area contributed by atoms with Crippen molar-refractivity contribution in [2.24, 2.45) is 0 Å². The Morgan fingerprint density at radius 3 is 2.33 bits per heavy atom. The van der Waals surface area contributed by atoms with Gasteiger partial charge < -0.3 is 9.64 Å². The number of rotatable bonds is 4. The van der Waals surface area contributed by atoms with Crippen molar-refractivity contribution in [3.8, 4) is 0 Å². The van der Waals surface area contributed by atoms with Gasteiger partial charge in [-0.05, 0) is 22.8 Å². The van der Waals surface area contributed by atoms with Gasteiger partial charge in [0.15, 0.2) is 6.17 Å². The second-order valence-electron chi connectivity index (χ2n) is 7.11. The Morgan fingerprint density at radius 1 is 0.967 bits per heavy atom. The lowest BCUT2D eigenvalue weighted by Gasteiger charge is -2.23. The number of fused-ring (bicyclic) bond motifs is 1. The molecule has 152 valence electrons. The molecule has 0 saturated carbocycles. The van der Waals surface area contributed by atoms with Crippen molar-refractivity contribution in [1.29, 1.82) is 0 Å². The van der Waals surface area contributed by atoms with Crippen LogP contribution < -0.4 is 15.5 Å². The molecule has 0 spiro atoms. The molecule has 2 N–H and O–H groups in total. The maximum atomic E-state index is 13.1. The first-order valence-corrected chi connectivity index (χ1v) is 9.78. The highest BCUT2D eigenvalue weighted by atomic mass is 16.5. The van der Waals surface area contributed by atoms with Crippen LogP contribution in [-0.4, -0.2) is 25.2 Å². The molecule has 6 nitrogen and oxygen atoms in total. The number of para-hydroxylation sites is 1. The SMILES string of the molecule is CN1C(=O)[C@@H](NC(=O)OCc2ccccc2)NC(c2ccccc2)c2ccccc21. The molecule has 30 heavy (non-hydrogen) atoms. The maximum Gasteiger partial charge on any atom is 0.409 e. The summed E-state index contributed by atoms with van der Waals surface area (Å²) in [7, 11) is 1.71. The number of hydrogen-bond acceptors (Lipinski definition) is 4. The zero-order valence-electron chi connectivity index (χ0n) is 16.6. The molecule has 0 fully saturated rings. The molecule has 2 amide bonds. The first-order valence-electron chi connectivity index (χ1n) is 9.78. The summed E-state index contributed by atoms with van der Waals surface area (Å²) < 4.78 is 5.31. The van der Waals surface area contributed by atoms with Gasteiger partial charge >= 0.3 is 6.09 Å². The van der Waals surface area contributed by atoms with Crippen molar-refractivity contribution < 1.29 is 14.3 Å². The number of carbonyl (C=O) groups excluding carboxylic acids is 2. The summed E-state index contributed by atoms with van der Waals surface area (Å²) in [5, 5.41) is 5.97. The quantitative estimate of drug-likeness (QED) is 0.701. The van der Waals surface area contributed by atoms with Crippen LogP contribution in [0.25, 0.3) is 0 Å². The van der Waals surface area contributed by atoms with E-state index in [0.717, 1.165) is 22.4 Å². The van der Waals surface area contributed by atoms with E-state index in [1.54, 1.807) is 11.9 Å². The third-order valence-electron chi connectivity index (χ3n) is 5.13. The zero-order valence-corrected chi connectivity index (χ0v) is 16.6. The van der Waals surface area contributed by atoms with Gasteiger partial charge in [-0.1, -0.05) is 78.9 Å². The minimum Gasteiger partial charge on any atom is -0.445 e. The summed E-state index contributed by atoms with van der Waals surface area (Å²) >= 11 is 0. The highest BCUT2D eigenvalue weighted by molar-refractivity contribution is 5.99. The van der Waals surface area contributed by atoms with Crippen LogP contribution in [0.4, 0.5) is 10.5 Å². The van der Waals surface area contributed by atoms with E-state index in [1.807, 2.05) is 84.9 Å². The highest BCUT2D eigenvalue weighted by Crippen LogP contribution is 2.33. The number of benzene rings is 3. The smallest absolute Gasteiger partial charge is 0.409 e. The standard InChI is InChI=1S/C24H23N3O3/c1-27-20-15-9-8-14-19(20)21(18-12-6-3-7-13-18)25-22(23(27)28)26-24(29)30-16-17-10-4-2-5-11-17/h2-15,21-22,25H,16H2,1H3,(H,26,29)/t21?,22-/m1/s1. The summed E-state index contributed by atoms with van der Waals surface area (Å²) in [6.45, 7) is 0.131. The Balaban J connectivity index is 1.56. The fraction of sp³-hybridized carbons (Fsp3) is 0.167. The fourth-order valence-electron chi connectivity index (χ4n) is 3.58. The minimum atomic E-state index is -0.934. The van der Waals surface area contributed by atoms with Gasteiger partial charge in [-0.3, -0.25) is 15.4 Å². The second-order valence-corrected chi connectivity index (χ2v) is 7.11. The summed E-state index contributed by atoms with van der Waals surface area (Å²) in [5.74, 6) is -0.266. The second kappa shape index (κ2) is 8.80. The fourth-order valence-corrected chi connectivity index (χ4v) is 3.58. The predicted molar refractivity (Wildman–Crippen MR) is 115 cm³/mol. The van der Waals surface area contributed by atoms with Crippen molar-refractivity contribution in [3.05, 3.63) is 102 Å². The highest BCUT2D eigenvalue weighted by Gasteiger charge is 2.34. The van der Waals surface area contributed by atoms with Gasteiger partial charge in [0.1, 0.15) is 6.61 Å². The average Bonchev–Trinajstić information content (AvgIpc) is 2.90. The number of nitrogens with one attached hydrogen (secondary N) is 2. The third kappa shape index (κ3) is 4.18. The van der Waals surface area contributed by atoms with E-state index in [4.69, 9.17) is 4.74 Å². The molecule has 6 heteroatoms. The molecule has 3 aromatic carbocycles. The molecule has 1 aliphatic heterocycles. The van der Waals surface area contributed by atoms with Gasteiger partial charge in [0.05, 0.1) is 6.04 Å². The average molecular weight is 401 g/mol. The van der Waals surface area contributed by atoms with Crippen molar-refractivity contribution in [2.45, 2.75) is 18.8 Å². The van der Waals surface area contributed by atoms with Crippen LogP contribution in [0.5, 0.6) is 0 Å². The van der Waals surface area contributed by atoms with Crippen molar-refractivity contribution >= 4 is 17.7 Å². The Hall–Kier alpha value is -3.64. The Bertz CT molecular complexity index is 1020. The minimum absolute atomic E-state index is 0.131. The Kier molecular flexibility index (Phi) is 5.77. The number of amides is 2. The van der Waals surface area contributed by atoms with E-state index in [9.17, 15) is 9.59 Å². The van der Waals surface area contributed by atoms with E-state index in [-0.39, 0.29) is 18.6 Å². The maximum absolute atomic E-state index is 13.1. The normalized spacial score (nSPS) is 18.3. The Labute approximate surface area is 175 Å². The Morgan fingerprint density at radius 2 is 1.60 bits per heavy atom. The van der Waals surface area contributed by atoms with E-state index in [0.29, 0.717) is 0 Å². The molecule has 1 heterocycles. The van der Waals surface area contributed by atoms with Gasteiger partial charge in [0.25, 0.3) is 5.91 Å². The molecule has 0 saturated heterocycles. The largest absolute Gasteiger partial charge is 0.445 e. The molecule has 0 aliphatic carbocycles. The van der Waals surface area contributed by atoms with E-state index in [2.05, 4.69) is 10.6 Å². The number of hydrogen-bond donors (Lipinski definition) is 2. The topological polar surface area (TPSA) is 70.7 Å². The predicted octanol–water partition coefficient (Wildman–Crippen LogP) is 3.59. The number of alkyl carbamates (subject to hydrolysis) is 1. The number of nitrogens with zero attached hydrogens (tertiary/aromatic N) is 1. The van der Waals surface area contributed by atoms with Crippen molar-refractivity contribution in [3.63, 3.8) is 0 Å². The van der Waals surface area contributed by atoms with Crippen LogP contribution in [0, 0.1) is 0 Å². The van der Waals surface area contributed by atoms with Crippen LogP contribution in [0.3, 0.4) is 0 Å². The molecular weight excluding hydrogens is 378 g/mol. The number of carbonyl (C=O) groups is 2. The molecule has 0 radical (unpaired) electrons. The summed E-state index contributed by atoms with van der Waals surface area (Å²) in [5.41, 5.74) is 3.63. The number of likely N-dealkylation sites (N-methyl/N-ethyl adjacent to an activating group) is 1. The van der Waals surface area contributed by atoms with Crippen molar-refractivity contribution in [1.82, 2.24) is 10.6 Å². The summed E-state index contributed by atoms with van der Waals surface area (Å²) in [6.07, 6.45) is -1.59. The van der Waals surface area contributed by atoms with Crippen LogP contribution in [0.2, 0.25) is 0 Å². The van der Waals surface area contributed by atoms with Crippen LogP contribution in [-0.2, 0) is 16.1 Å². The molecule has 2 atom stereocenters. The van der Waals surface area contributed by atoms with Crippen LogP contribution >= 0.6 is 0 Å². The van der Waals surface area contributed by atoms with Gasteiger partial charge in [-0.2, -0.15) is 0 Å². The van der Waals surface area contributed by atoms with Gasteiger partial charge in [-0.15, -0.1) is 0 Å². The molecule has 4 rings (SSSR count). The van der Waals surface area contributed by atoms with E-state index >= 15 is 0 Å². The lowest BCUT2D eigenvalue weighted by molar-refractivity contribution is -0.121. The zero-order chi connectivity index (χ0) is 20.9. The third-order valence-corrected chi connectivity index (χ3v) is 5.13. The van der Waals surface area contributed by atoms with Gasteiger partial charge in [0, 0.05) is 12.7 Å². The lowest BCUT2D eigenvalue weighted by atomic mass is 9.97. The molecule has 1 aliphatic rings. The van der Waals surface area contributed by atoms with Crippen LogP contribution in [0.15, 0.2) is 84.9 Å². The van der Waals surface area contributed by atoms with Gasteiger partial charge in [-0.25, -0.2) is 4.79 Å². The van der Waals surface area contributed by atoms with Crippen molar-refractivity contribution in [2.75, 3.05) is 11.9 Å². The van der Waals surface area contributed by atoms with Gasteiger partial charge in [0.2, 0.25) is 0 Å². The number of anilines is 1. The lowest BCUT2D eigenvalue weighted by Crippen LogP contribution is -2.54. The molecule has 1 unspecified atom stereocenters. The molecule has 0 bridgehead atoms. The van der Waals surface area contributed by atoms with E-state index < -0.39 is 12.3 Å². The summed E-state index contributed by atoms with van der Waals surface area (Å²) in [4.78, 5) is 27.1. The first kappa shape index (κ1) is 19.7. The molecular formula is C24H23N3O3. The molecule has 0 aromatic heterocycles.